The molecule has 5 aromatic rings. The second-order valence-electron chi connectivity index (χ2n) is 13.4. The summed E-state index contributed by atoms with van der Waals surface area (Å²) in [5, 5.41) is 2.43. The van der Waals surface area contributed by atoms with Gasteiger partial charge in [0.15, 0.2) is 11.6 Å². The summed E-state index contributed by atoms with van der Waals surface area (Å²) < 4.78 is 0. The fraction of sp³-hybridized carbons (Fsp3) is 0.190. The van der Waals surface area contributed by atoms with Crippen LogP contribution in [0.5, 0.6) is 0 Å². The molecule has 251 valence electrons. The number of fused-ring (bicyclic) bond motifs is 4. The van der Waals surface area contributed by atoms with Crippen molar-refractivity contribution < 1.29 is 26.7 Å². The third kappa shape index (κ3) is 6.16. The van der Waals surface area contributed by atoms with Crippen LogP contribution in [0.3, 0.4) is 0 Å². The van der Waals surface area contributed by atoms with Crippen molar-refractivity contribution in [2.24, 2.45) is 0 Å². The first-order chi connectivity index (χ1) is 22.8. The summed E-state index contributed by atoms with van der Waals surface area (Å²) in [6.07, 6.45) is 3.37. The van der Waals surface area contributed by atoms with Crippen LogP contribution in [-0.2, 0) is 27.9 Å². The van der Waals surface area contributed by atoms with Crippen molar-refractivity contribution in [2.45, 2.75) is 38.5 Å². The fourth-order valence-electron chi connectivity index (χ4n) is 7.21. The van der Waals surface area contributed by atoms with Gasteiger partial charge in [0, 0.05) is 71.0 Å². The molecule has 6 nitrogen and oxygen atoms in total. The predicted molar refractivity (Wildman–Crippen MR) is 199 cm³/mol. The zero-order valence-electron chi connectivity index (χ0n) is 28.6. The van der Waals surface area contributed by atoms with Crippen molar-refractivity contribution in [1.29, 1.82) is 0 Å². The number of allylic oxidation sites excluding steroid dienone is 4. The molecular weight excluding hydrogens is 656 g/mol. The number of benzene rings is 5. The van der Waals surface area contributed by atoms with Gasteiger partial charge in [0.2, 0.25) is 0 Å². The summed E-state index contributed by atoms with van der Waals surface area (Å²) in [5.74, 6) is -0.240. The van der Waals surface area contributed by atoms with E-state index >= 15 is 0 Å². The maximum atomic E-state index is 12.8. The molecule has 0 unspecified atom stereocenters. The Kier molecular flexibility index (Phi) is 9.65. The van der Waals surface area contributed by atoms with E-state index in [1.54, 1.807) is 60.7 Å². The third-order valence-electron chi connectivity index (χ3n) is 9.76. The number of rotatable bonds is 4. The summed E-state index contributed by atoms with van der Waals surface area (Å²) in [7, 11) is 3.99. The zero-order valence-corrected chi connectivity index (χ0v) is 29.5. The minimum absolute atomic E-state index is 0. The topological polar surface area (TPSA) is 88.2 Å². The maximum Gasteiger partial charge on any atom is 2.00 e. The smallest absolute Gasteiger partial charge is 0.698 e. The Bertz CT molecular complexity index is 2150. The zero-order chi connectivity index (χ0) is 34.4. The van der Waals surface area contributed by atoms with Crippen LogP contribution in [0.4, 0.5) is 22.7 Å². The van der Waals surface area contributed by atoms with Crippen molar-refractivity contribution >= 4 is 45.1 Å². The molecule has 0 bridgehead atoms. The molecule has 49 heavy (non-hydrogen) atoms. The third-order valence-corrected chi connectivity index (χ3v) is 9.76. The summed E-state index contributed by atoms with van der Waals surface area (Å²) in [6, 6.07) is 34.7. The predicted octanol–water partition coefficient (Wildman–Crippen LogP) is 10.9. The fourth-order valence-corrected chi connectivity index (χ4v) is 7.21. The number of hydrogen-bond donors (Lipinski definition) is 0. The number of carbonyl (C=O) groups is 2. The van der Waals surface area contributed by atoms with E-state index in [1.807, 2.05) is 32.3 Å². The van der Waals surface area contributed by atoms with E-state index in [-0.39, 0.29) is 50.8 Å². The number of nitrogens with zero attached hydrogens (tertiary/aromatic N) is 2. The first-order valence-corrected chi connectivity index (χ1v) is 16.1. The molecule has 0 aromatic heterocycles. The Morgan fingerprint density at radius 3 is 1.61 bits per heavy atom. The van der Waals surface area contributed by atoms with Crippen molar-refractivity contribution in [1.82, 2.24) is 0 Å². The molecule has 7 heteroatoms. The van der Waals surface area contributed by atoms with Gasteiger partial charge in [0.1, 0.15) is 0 Å². The van der Waals surface area contributed by atoms with E-state index in [0.29, 0.717) is 11.1 Å². The van der Waals surface area contributed by atoms with Gasteiger partial charge in [0.25, 0.3) is 0 Å². The van der Waals surface area contributed by atoms with Crippen LogP contribution in [-0.4, -0.2) is 25.7 Å². The van der Waals surface area contributed by atoms with E-state index < -0.39 is 0 Å². The van der Waals surface area contributed by atoms with Gasteiger partial charge in [-0.2, -0.15) is 0 Å². The van der Waals surface area contributed by atoms with Crippen molar-refractivity contribution in [3.05, 3.63) is 166 Å². The molecule has 0 aliphatic carbocycles. The number of nitrogens with one attached hydrogen (secondary N) is 2. The average Bonchev–Trinajstić information content (AvgIpc) is 3.39. The molecule has 0 fully saturated rings. The summed E-state index contributed by atoms with van der Waals surface area (Å²) in [5.41, 5.74) is 23.4. The van der Waals surface area contributed by atoms with Crippen LogP contribution in [0.15, 0.2) is 133 Å². The molecule has 0 amide bonds. The SMILES string of the molecule is CN1/C(=C\C(=O)c2ccccc2[NH-])C(C)(C)c2c1ccc1ccccc21.CN1/C(=C\C(=O)c2ccccc2[NH-])C(C)(C)c2ccccc21.[Cu+2]. The normalized spacial score (nSPS) is 16.9. The van der Waals surface area contributed by atoms with Crippen LogP contribution in [0.2, 0.25) is 0 Å². The van der Waals surface area contributed by atoms with Crippen LogP contribution >= 0.6 is 0 Å². The second-order valence-corrected chi connectivity index (χ2v) is 13.4. The minimum atomic E-state index is -0.294. The maximum absolute atomic E-state index is 12.8. The number of carbonyl (C=O) groups excluding carboxylic acids is 2. The van der Waals surface area contributed by atoms with Gasteiger partial charge >= 0.3 is 17.1 Å². The van der Waals surface area contributed by atoms with Gasteiger partial charge in [0.05, 0.1) is 0 Å². The molecule has 0 saturated carbocycles. The first-order valence-electron chi connectivity index (χ1n) is 16.1. The molecule has 2 aliphatic heterocycles. The van der Waals surface area contributed by atoms with Crippen molar-refractivity contribution in [2.75, 3.05) is 23.9 Å². The van der Waals surface area contributed by atoms with E-state index in [2.05, 4.69) is 80.0 Å². The number of anilines is 2. The van der Waals surface area contributed by atoms with Crippen LogP contribution in [0.25, 0.3) is 22.2 Å². The molecule has 2 heterocycles. The Morgan fingerprint density at radius 2 is 1.04 bits per heavy atom. The Labute approximate surface area is 299 Å². The number of para-hydroxylation sites is 1. The molecule has 0 atom stereocenters. The van der Waals surface area contributed by atoms with Crippen LogP contribution in [0, 0.1) is 0 Å². The number of likely N-dealkylation sites (N-methyl/N-ethyl adjacent to an activating group) is 2. The molecule has 0 saturated heterocycles. The number of hydrogen-bond acceptors (Lipinski definition) is 4. The molecule has 2 N–H and O–H groups in total. The summed E-state index contributed by atoms with van der Waals surface area (Å²) in [4.78, 5) is 29.6. The molecule has 2 aliphatic rings. The molecule has 0 spiro atoms. The van der Waals surface area contributed by atoms with Gasteiger partial charge in [-0.25, -0.2) is 0 Å². The van der Waals surface area contributed by atoms with E-state index in [9.17, 15) is 9.59 Å². The van der Waals surface area contributed by atoms with Gasteiger partial charge in [-0.05, 0) is 34.0 Å². The van der Waals surface area contributed by atoms with E-state index in [4.69, 9.17) is 11.5 Å². The van der Waals surface area contributed by atoms with Crippen molar-refractivity contribution in [3.63, 3.8) is 0 Å². The van der Waals surface area contributed by atoms with Gasteiger partial charge < -0.3 is 21.3 Å². The van der Waals surface area contributed by atoms with Crippen LogP contribution in [0.1, 0.15) is 59.5 Å². The van der Waals surface area contributed by atoms with E-state index in [1.165, 1.54) is 21.9 Å². The molecule has 5 aromatic carbocycles. The van der Waals surface area contributed by atoms with Gasteiger partial charge in [-0.1, -0.05) is 125 Å². The Balaban J connectivity index is 0.000000190. The van der Waals surface area contributed by atoms with Gasteiger partial charge in [-0.15, -0.1) is 11.4 Å². The summed E-state index contributed by atoms with van der Waals surface area (Å²) in [6.45, 7) is 8.57. The second kappa shape index (κ2) is 13.4. The van der Waals surface area contributed by atoms with Crippen LogP contribution < -0.4 is 9.80 Å². The standard InChI is InChI=1S/C23H22N2O.C19H20N2O.Cu/c1-23(2)21(14-20(26)17-10-6-7-11-18(17)24)25(3)19-13-12-15-8-4-5-9-16(15)22(19)23;1-19(2)14-9-5-7-11-16(14)21(3)18(19)12-17(22)13-8-4-6-10-15(13)20;/h4-14H,1-3H3,(H2,24,26);4-12H,1-3H3,(H2,20,22);/q;;+2/p-2/b21-14-;18-12-;. The van der Waals surface area contributed by atoms with E-state index in [0.717, 1.165) is 22.8 Å². The average molecular weight is 696 g/mol. The Morgan fingerprint density at radius 1 is 0.571 bits per heavy atom. The number of ketones is 2. The monoisotopic (exact) mass is 695 g/mol. The molecule has 7 rings (SSSR count). The minimum Gasteiger partial charge on any atom is -0.698 e. The Hall–Kier alpha value is -5.10. The quantitative estimate of drug-likeness (QED) is 0.106. The summed E-state index contributed by atoms with van der Waals surface area (Å²) >= 11 is 0. The first kappa shape index (κ1) is 35.2. The van der Waals surface area contributed by atoms with Gasteiger partial charge in [-0.3, -0.25) is 9.59 Å². The molecule has 1 radical (unpaired) electrons. The largest absolute Gasteiger partial charge is 2.00 e. The molecular formula is C42H40CuN4O2. The van der Waals surface area contributed by atoms with Crippen molar-refractivity contribution in [3.8, 4) is 0 Å².